The molecule has 3 nitrogen and oxygen atoms in total. The minimum absolute atomic E-state index is 0.198. The normalized spacial score (nSPS) is 36.3. The van der Waals surface area contributed by atoms with Crippen LogP contribution in [0.2, 0.25) is 0 Å². The van der Waals surface area contributed by atoms with Crippen LogP contribution in [0.1, 0.15) is 12.8 Å². The van der Waals surface area contributed by atoms with Crippen LogP contribution in [0.25, 0.3) is 0 Å². The van der Waals surface area contributed by atoms with Crippen molar-refractivity contribution in [3.8, 4) is 0 Å². The van der Waals surface area contributed by atoms with Gasteiger partial charge in [0.15, 0.2) is 0 Å². The van der Waals surface area contributed by atoms with Crippen LogP contribution in [0, 0.1) is 0 Å². The summed E-state index contributed by atoms with van der Waals surface area (Å²) in [6.45, 7) is 2.74. The van der Waals surface area contributed by atoms with Crippen molar-refractivity contribution in [3.05, 3.63) is 0 Å². The summed E-state index contributed by atoms with van der Waals surface area (Å²) in [7, 11) is 0. The number of hydrogen-bond donors (Lipinski definition) is 2. The van der Waals surface area contributed by atoms with E-state index in [9.17, 15) is 0 Å². The van der Waals surface area contributed by atoms with E-state index >= 15 is 0 Å². The largest absolute Gasteiger partial charge is 0.368 e. The van der Waals surface area contributed by atoms with E-state index in [0.717, 1.165) is 19.5 Å². The second kappa shape index (κ2) is 2.19. The maximum Gasteiger partial charge on any atom is 0.0935 e. The lowest BCUT2D eigenvalue weighted by Gasteiger charge is -2.38. The summed E-state index contributed by atoms with van der Waals surface area (Å²) in [5, 5.41) is 3.22. The van der Waals surface area contributed by atoms with Crippen LogP contribution < -0.4 is 11.1 Å². The molecule has 3 N–H and O–H groups in total. The maximum atomic E-state index is 5.75. The lowest BCUT2D eigenvalue weighted by Crippen LogP contribution is -2.59. The molecular formula is C7H14N2O. The van der Waals surface area contributed by atoms with E-state index in [-0.39, 0.29) is 5.60 Å². The fourth-order valence-corrected chi connectivity index (χ4v) is 1.73. The van der Waals surface area contributed by atoms with Crippen LogP contribution in [0.4, 0.5) is 0 Å². The van der Waals surface area contributed by atoms with Gasteiger partial charge >= 0.3 is 0 Å². The van der Waals surface area contributed by atoms with Gasteiger partial charge < -0.3 is 15.8 Å². The SMILES string of the molecule is NCC1CCC2(CNC2)O1. The van der Waals surface area contributed by atoms with Crippen molar-refractivity contribution in [3.63, 3.8) is 0 Å². The smallest absolute Gasteiger partial charge is 0.0935 e. The predicted molar refractivity (Wildman–Crippen MR) is 38.8 cm³/mol. The van der Waals surface area contributed by atoms with E-state index in [1.807, 2.05) is 0 Å². The van der Waals surface area contributed by atoms with Gasteiger partial charge in [-0.15, -0.1) is 0 Å². The van der Waals surface area contributed by atoms with Crippen LogP contribution >= 0.6 is 0 Å². The Bertz CT molecular complexity index is 134. The predicted octanol–water partition coefficient (Wildman–Crippen LogP) is -0.534. The van der Waals surface area contributed by atoms with Gasteiger partial charge in [-0.05, 0) is 12.8 Å². The third-order valence-electron chi connectivity index (χ3n) is 2.50. The molecule has 1 atom stereocenters. The molecule has 0 aromatic carbocycles. The van der Waals surface area contributed by atoms with Gasteiger partial charge in [0.1, 0.15) is 0 Å². The molecule has 0 bridgehead atoms. The molecule has 10 heavy (non-hydrogen) atoms. The molecule has 2 fully saturated rings. The summed E-state index contributed by atoms with van der Waals surface area (Å²) in [5.41, 5.74) is 5.69. The Morgan fingerprint density at radius 2 is 2.40 bits per heavy atom. The topological polar surface area (TPSA) is 47.3 Å². The molecule has 58 valence electrons. The van der Waals surface area contributed by atoms with Crippen LogP contribution in [0.3, 0.4) is 0 Å². The zero-order valence-corrected chi connectivity index (χ0v) is 6.10. The first kappa shape index (κ1) is 6.58. The fraction of sp³-hybridized carbons (Fsp3) is 1.00. The first-order chi connectivity index (χ1) is 4.85. The van der Waals surface area contributed by atoms with E-state index in [1.54, 1.807) is 0 Å². The van der Waals surface area contributed by atoms with Gasteiger partial charge in [0.25, 0.3) is 0 Å². The molecule has 0 amide bonds. The van der Waals surface area contributed by atoms with Crippen LogP contribution in [0.15, 0.2) is 0 Å². The average Bonchev–Trinajstić information content (AvgIpc) is 2.29. The van der Waals surface area contributed by atoms with Gasteiger partial charge in [-0.3, -0.25) is 0 Å². The second-order valence-electron chi connectivity index (χ2n) is 3.30. The molecular weight excluding hydrogens is 128 g/mol. The first-order valence-electron chi connectivity index (χ1n) is 3.93. The molecule has 2 saturated heterocycles. The highest BCUT2D eigenvalue weighted by molar-refractivity contribution is 4.99. The summed E-state index contributed by atoms with van der Waals surface area (Å²) in [6.07, 6.45) is 2.68. The second-order valence-corrected chi connectivity index (χ2v) is 3.30. The Labute approximate surface area is 60.9 Å². The number of hydrogen-bond acceptors (Lipinski definition) is 3. The van der Waals surface area contributed by atoms with Crippen molar-refractivity contribution in [1.82, 2.24) is 5.32 Å². The Hall–Kier alpha value is -0.120. The molecule has 2 aliphatic heterocycles. The average molecular weight is 142 g/mol. The highest BCUT2D eigenvalue weighted by Gasteiger charge is 2.44. The Kier molecular flexibility index (Phi) is 1.44. The highest BCUT2D eigenvalue weighted by atomic mass is 16.5. The summed E-state index contributed by atoms with van der Waals surface area (Å²) < 4.78 is 5.75. The first-order valence-corrected chi connectivity index (χ1v) is 3.93. The number of nitrogens with two attached hydrogens (primary N) is 1. The van der Waals surface area contributed by atoms with Crippen molar-refractivity contribution in [1.29, 1.82) is 0 Å². The Morgan fingerprint density at radius 1 is 1.60 bits per heavy atom. The molecule has 1 spiro atoms. The summed E-state index contributed by atoms with van der Waals surface area (Å²) >= 11 is 0. The van der Waals surface area contributed by atoms with E-state index in [1.165, 1.54) is 6.42 Å². The Morgan fingerprint density at radius 3 is 2.70 bits per heavy atom. The quantitative estimate of drug-likeness (QED) is 0.517. The standard InChI is InChI=1S/C7H14N2O/c8-3-6-1-2-7(10-6)4-9-5-7/h6,9H,1-5,8H2. The molecule has 0 aliphatic carbocycles. The molecule has 1 unspecified atom stereocenters. The van der Waals surface area contributed by atoms with Gasteiger partial charge in [-0.25, -0.2) is 0 Å². The van der Waals surface area contributed by atoms with E-state index in [0.29, 0.717) is 12.6 Å². The molecule has 3 heteroatoms. The van der Waals surface area contributed by atoms with Gasteiger partial charge in [-0.2, -0.15) is 0 Å². The van der Waals surface area contributed by atoms with E-state index in [4.69, 9.17) is 10.5 Å². The van der Waals surface area contributed by atoms with Crippen molar-refractivity contribution < 1.29 is 4.74 Å². The van der Waals surface area contributed by atoms with E-state index < -0.39 is 0 Å². The molecule has 0 aromatic rings. The van der Waals surface area contributed by atoms with Crippen LogP contribution in [-0.4, -0.2) is 31.3 Å². The molecule has 0 radical (unpaired) electrons. The van der Waals surface area contributed by atoms with Crippen molar-refractivity contribution >= 4 is 0 Å². The molecule has 0 aromatic heterocycles. The van der Waals surface area contributed by atoms with Crippen LogP contribution in [-0.2, 0) is 4.74 Å². The zero-order chi connectivity index (χ0) is 7.03. The summed E-state index contributed by atoms with van der Waals surface area (Å²) in [4.78, 5) is 0. The third-order valence-corrected chi connectivity index (χ3v) is 2.50. The third kappa shape index (κ3) is 0.856. The van der Waals surface area contributed by atoms with Crippen molar-refractivity contribution in [2.24, 2.45) is 5.73 Å². The summed E-state index contributed by atoms with van der Waals surface area (Å²) in [6, 6.07) is 0. The Balaban J connectivity index is 1.92. The summed E-state index contributed by atoms with van der Waals surface area (Å²) in [5.74, 6) is 0. The van der Waals surface area contributed by atoms with Gasteiger partial charge in [0, 0.05) is 19.6 Å². The lowest BCUT2D eigenvalue weighted by atomic mass is 9.93. The van der Waals surface area contributed by atoms with Gasteiger partial charge in [-0.1, -0.05) is 0 Å². The monoisotopic (exact) mass is 142 g/mol. The minimum Gasteiger partial charge on any atom is -0.368 e. The maximum absolute atomic E-state index is 5.75. The molecule has 2 rings (SSSR count). The number of ether oxygens (including phenoxy) is 1. The fourth-order valence-electron chi connectivity index (χ4n) is 1.73. The molecule has 2 aliphatic rings. The van der Waals surface area contributed by atoms with Crippen molar-refractivity contribution in [2.75, 3.05) is 19.6 Å². The number of nitrogens with one attached hydrogen (secondary N) is 1. The minimum atomic E-state index is 0.198. The lowest BCUT2D eigenvalue weighted by molar-refractivity contribution is -0.0698. The van der Waals surface area contributed by atoms with E-state index in [2.05, 4.69) is 5.32 Å². The molecule has 0 saturated carbocycles. The zero-order valence-electron chi connectivity index (χ0n) is 6.10. The number of rotatable bonds is 1. The highest BCUT2D eigenvalue weighted by Crippen LogP contribution is 2.32. The van der Waals surface area contributed by atoms with Crippen molar-refractivity contribution in [2.45, 2.75) is 24.5 Å². The van der Waals surface area contributed by atoms with Crippen LogP contribution in [0.5, 0.6) is 0 Å². The van der Waals surface area contributed by atoms with Gasteiger partial charge in [0.2, 0.25) is 0 Å². The molecule has 2 heterocycles. The van der Waals surface area contributed by atoms with Gasteiger partial charge in [0.05, 0.1) is 11.7 Å².